The van der Waals surface area contributed by atoms with E-state index in [-0.39, 0.29) is 12.3 Å². The van der Waals surface area contributed by atoms with Crippen LogP contribution >= 0.6 is 11.6 Å². The molecule has 1 rings (SSSR count). The first kappa shape index (κ1) is 13.1. The summed E-state index contributed by atoms with van der Waals surface area (Å²) in [7, 11) is -3.46. The molecule has 0 bridgehead atoms. The molecule has 90 valence electrons. The normalized spacial score (nSPS) is 11.4. The van der Waals surface area contributed by atoms with Gasteiger partial charge >= 0.3 is 0 Å². The van der Waals surface area contributed by atoms with Crippen molar-refractivity contribution in [1.29, 1.82) is 0 Å². The first-order valence-electron chi connectivity index (χ1n) is 4.68. The Morgan fingerprint density at radius 2 is 2.19 bits per heavy atom. The smallest absolute Gasteiger partial charge is 0.210 e. The summed E-state index contributed by atoms with van der Waals surface area (Å²) >= 11 is 5.76. The lowest BCUT2D eigenvalue weighted by molar-refractivity contribution is 0.598. The summed E-state index contributed by atoms with van der Waals surface area (Å²) < 4.78 is 21.4. The molecule has 1 heterocycles. The number of aryl methyl sites for hydroxylation is 1. The molecule has 8 heteroatoms. The molecule has 0 fully saturated rings. The minimum absolute atomic E-state index is 0.157. The summed E-state index contributed by atoms with van der Waals surface area (Å²) in [6, 6.07) is 1.53. The number of sulfonamides is 1. The van der Waals surface area contributed by atoms with E-state index < -0.39 is 10.0 Å². The number of nitrogens with zero attached hydrogens (tertiary/aromatic N) is 2. The van der Waals surface area contributed by atoms with Crippen LogP contribution in [-0.4, -0.2) is 30.7 Å². The van der Waals surface area contributed by atoms with Crippen LogP contribution in [0.25, 0.3) is 0 Å². The maximum Gasteiger partial charge on any atom is 0.210 e. The average molecular weight is 265 g/mol. The van der Waals surface area contributed by atoms with Gasteiger partial charge in [0, 0.05) is 19.0 Å². The van der Waals surface area contributed by atoms with Crippen molar-refractivity contribution in [2.24, 2.45) is 5.14 Å². The topological polar surface area (TPSA) is 98.0 Å². The van der Waals surface area contributed by atoms with Crippen molar-refractivity contribution in [3.05, 3.63) is 17.0 Å². The number of hydrogen-bond acceptors (Lipinski definition) is 5. The molecule has 0 radical (unpaired) electrons. The summed E-state index contributed by atoms with van der Waals surface area (Å²) in [5.74, 6) is 0.946. The molecule has 0 aliphatic heterocycles. The van der Waals surface area contributed by atoms with E-state index in [0.717, 1.165) is 0 Å². The molecule has 0 unspecified atom stereocenters. The predicted octanol–water partition coefficient (Wildman–Crippen LogP) is 0.393. The van der Waals surface area contributed by atoms with Gasteiger partial charge in [-0.2, -0.15) is 0 Å². The number of aromatic nitrogens is 2. The van der Waals surface area contributed by atoms with Gasteiger partial charge in [0.1, 0.15) is 16.8 Å². The molecule has 16 heavy (non-hydrogen) atoms. The van der Waals surface area contributed by atoms with Crippen LogP contribution in [0.1, 0.15) is 12.7 Å². The van der Waals surface area contributed by atoms with E-state index in [2.05, 4.69) is 15.3 Å². The van der Waals surface area contributed by atoms with Crippen molar-refractivity contribution in [1.82, 2.24) is 9.97 Å². The van der Waals surface area contributed by atoms with Crippen molar-refractivity contribution < 1.29 is 8.42 Å². The summed E-state index contributed by atoms with van der Waals surface area (Å²) in [5.41, 5.74) is 0. The summed E-state index contributed by atoms with van der Waals surface area (Å²) in [4.78, 5) is 8.11. The summed E-state index contributed by atoms with van der Waals surface area (Å²) in [6.07, 6.45) is 0.657. The molecule has 0 spiro atoms. The highest BCUT2D eigenvalue weighted by atomic mass is 35.5. The van der Waals surface area contributed by atoms with Gasteiger partial charge in [-0.15, -0.1) is 0 Å². The van der Waals surface area contributed by atoms with Gasteiger partial charge in [0.2, 0.25) is 10.0 Å². The highest BCUT2D eigenvalue weighted by Gasteiger charge is 2.04. The van der Waals surface area contributed by atoms with Crippen LogP contribution < -0.4 is 10.5 Å². The molecule has 0 saturated heterocycles. The minimum Gasteiger partial charge on any atom is -0.369 e. The molecule has 0 atom stereocenters. The molecule has 0 aliphatic rings. The van der Waals surface area contributed by atoms with Gasteiger partial charge < -0.3 is 5.32 Å². The fourth-order valence-electron chi connectivity index (χ4n) is 1.03. The Kier molecular flexibility index (Phi) is 4.45. The van der Waals surface area contributed by atoms with Crippen LogP contribution in [0.15, 0.2) is 6.07 Å². The summed E-state index contributed by atoms with van der Waals surface area (Å²) in [5, 5.41) is 8.01. The van der Waals surface area contributed by atoms with Crippen LogP contribution in [0.2, 0.25) is 5.15 Å². The maximum absolute atomic E-state index is 10.7. The largest absolute Gasteiger partial charge is 0.369 e. The second kappa shape index (κ2) is 5.42. The molecule has 3 N–H and O–H groups in total. The molecular weight excluding hydrogens is 252 g/mol. The number of nitrogens with one attached hydrogen (secondary N) is 1. The minimum atomic E-state index is -3.46. The average Bonchev–Trinajstić information content (AvgIpc) is 2.14. The highest BCUT2D eigenvalue weighted by Crippen LogP contribution is 2.11. The van der Waals surface area contributed by atoms with E-state index in [0.29, 0.717) is 23.2 Å². The molecule has 6 nitrogen and oxygen atoms in total. The lowest BCUT2D eigenvalue weighted by atomic mass is 10.4. The second-order valence-corrected chi connectivity index (χ2v) is 5.26. The second-order valence-electron chi connectivity index (χ2n) is 3.14. The van der Waals surface area contributed by atoms with Crippen molar-refractivity contribution in [2.75, 3.05) is 17.6 Å². The van der Waals surface area contributed by atoms with Gasteiger partial charge in [0.05, 0.1) is 5.75 Å². The Hall–Kier alpha value is -0.920. The Bertz CT molecular complexity index is 463. The zero-order chi connectivity index (χ0) is 12.2. The predicted molar refractivity (Wildman–Crippen MR) is 62.9 cm³/mol. The third kappa shape index (κ3) is 4.73. The number of halogens is 1. The van der Waals surface area contributed by atoms with Crippen molar-refractivity contribution in [2.45, 2.75) is 13.3 Å². The molecule has 0 aliphatic carbocycles. The van der Waals surface area contributed by atoms with Crippen LogP contribution in [0.3, 0.4) is 0 Å². The summed E-state index contributed by atoms with van der Waals surface area (Å²) in [6.45, 7) is 2.09. The Morgan fingerprint density at radius 3 is 2.75 bits per heavy atom. The van der Waals surface area contributed by atoms with E-state index >= 15 is 0 Å². The fourth-order valence-corrected chi connectivity index (χ4v) is 1.62. The molecule has 0 aromatic carbocycles. The molecule has 1 aromatic rings. The third-order valence-corrected chi connectivity index (χ3v) is 2.72. The van der Waals surface area contributed by atoms with E-state index in [1.54, 1.807) is 0 Å². The van der Waals surface area contributed by atoms with Gasteiger partial charge in [-0.1, -0.05) is 18.5 Å². The van der Waals surface area contributed by atoms with E-state index in [1.807, 2.05) is 6.92 Å². The Morgan fingerprint density at radius 1 is 1.50 bits per heavy atom. The lowest BCUT2D eigenvalue weighted by Crippen LogP contribution is -2.22. The van der Waals surface area contributed by atoms with Crippen LogP contribution in [0, 0.1) is 0 Å². The molecule has 0 amide bonds. The van der Waals surface area contributed by atoms with Crippen LogP contribution in [0.5, 0.6) is 0 Å². The van der Waals surface area contributed by atoms with E-state index in [9.17, 15) is 8.42 Å². The maximum atomic E-state index is 10.7. The highest BCUT2D eigenvalue weighted by molar-refractivity contribution is 7.89. The molecular formula is C8H13ClN4O2S. The molecule has 0 saturated carbocycles. The SMILES string of the molecule is CCc1nc(Cl)cc(NCCS(N)(=O)=O)n1. The number of primary sulfonamides is 1. The van der Waals surface area contributed by atoms with Crippen molar-refractivity contribution in [3.63, 3.8) is 0 Å². The zero-order valence-corrected chi connectivity index (χ0v) is 10.3. The lowest BCUT2D eigenvalue weighted by Gasteiger charge is -2.06. The van der Waals surface area contributed by atoms with Gasteiger partial charge in [0.25, 0.3) is 0 Å². The fraction of sp³-hybridized carbons (Fsp3) is 0.500. The Labute approximate surface area is 99.3 Å². The first-order chi connectivity index (χ1) is 7.40. The van der Waals surface area contributed by atoms with Crippen molar-refractivity contribution >= 4 is 27.4 Å². The van der Waals surface area contributed by atoms with Gasteiger partial charge in [-0.25, -0.2) is 23.5 Å². The van der Waals surface area contributed by atoms with Crippen LogP contribution in [-0.2, 0) is 16.4 Å². The van der Waals surface area contributed by atoms with E-state index in [1.165, 1.54) is 6.07 Å². The van der Waals surface area contributed by atoms with Gasteiger partial charge in [0.15, 0.2) is 0 Å². The number of anilines is 1. The van der Waals surface area contributed by atoms with Gasteiger partial charge in [-0.3, -0.25) is 0 Å². The quantitative estimate of drug-likeness (QED) is 0.750. The number of nitrogens with two attached hydrogens (primary N) is 1. The Balaban J connectivity index is 2.63. The number of rotatable bonds is 5. The van der Waals surface area contributed by atoms with Crippen LogP contribution in [0.4, 0.5) is 5.82 Å². The zero-order valence-electron chi connectivity index (χ0n) is 8.77. The third-order valence-electron chi connectivity index (χ3n) is 1.75. The van der Waals surface area contributed by atoms with E-state index in [4.69, 9.17) is 16.7 Å². The number of hydrogen-bond donors (Lipinski definition) is 2. The molecule has 1 aromatic heterocycles. The first-order valence-corrected chi connectivity index (χ1v) is 6.78. The standard InChI is InChI=1S/C8H13ClN4O2S/c1-2-7-12-6(9)5-8(13-7)11-3-4-16(10,14)15/h5H,2-4H2,1H3,(H2,10,14,15)(H,11,12,13). The monoisotopic (exact) mass is 264 g/mol. The van der Waals surface area contributed by atoms with Crippen molar-refractivity contribution in [3.8, 4) is 0 Å². The van der Waals surface area contributed by atoms with Gasteiger partial charge in [-0.05, 0) is 0 Å².